The van der Waals surface area contributed by atoms with Crippen LogP contribution < -0.4 is 0 Å². The van der Waals surface area contributed by atoms with Crippen molar-refractivity contribution in [3.05, 3.63) is 23.5 Å². The molecule has 0 radical (unpaired) electrons. The van der Waals surface area contributed by atoms with Gasteiger partial charge in [-0.1, -0.05) is 0 Å². The van der Waals surface area contributed by atoms with E-state index in [2.05, 4.69) is 4.74 Å². The zero-order chi connectivity index (χ0) is 11.9. The third-order valence-electron chi connectivity index (χ3n) is 2.35. The zero-order valence-corrected chi connectivity index (χ0v) is 8.77. The maximum Gasteiger partial charge on any atom is 0.342 e. The average molecular weight is 222 g/mol. The lowest BCUT2D eigenvalue weighted by molar-refractivity contribution is 0.0601. The molecule has 2 N–H and O–H groups in total. The number of furan rings is 1. The van der Waals surface area contributed by atoms with Crippen molar-refractivity contribution in [2.24, 2.45) is 0 Å². The molecule has 5 nitrogen and oxygen atoms in total. The molecule has 1 aromatic heterocycles. The zero-order valence-electron chi connectivity index (χ0n) is 8.77. The Bertz CT molecular complexity index is 567. The molecule has 0 saturated heterocycles. The van der Waals surface area contributed by atoms with E-state index >= 15 is 0 Å². The van der Waals surface area contributed by atoms with Crippen molar-refractivity contribution in [2.45, 2.75) is 6.92 Å². The molecule has 2 rings (SSSR count). The van der Waals surface area contributed by atoms with Crippen LogP contribution in [0.15, 0.2) is 16.5 Å². The highest BCUT2D eigenvalue weighted by Gasteiger charge is 2.20. The predicted octanol–water partition coefficient (Wildman–Crippen LogP) is 1.94. The summed E-state index contributed by atoms with van der Waals surface area (Å²) in [5.74, 6) is -0.760. The lowest BCUT2D eigenvalue weighted by atomic mass is 10.1. The van der Waals surface area contributed by atoms with Gasteiger partial charge in [0.15, 0.2) is 11.5 Å². The summed E-state index contributed by atoms with van der Waals surface area (Å²) in [6, 6.07) is 2.53. The number of phenols is 2. The van der Waals surface area contributed by atoms with E-state index < -0.39 is 5.97 Å². The van der Waals surface area contributed by atoms with Gasteiger partial charge < -0.3 is 19.4 Å². The average Bonchev–Trinajstić information content (AvgIpc) is 2.54. The van der Waals surface area contributed by atoms with Crippen molar-refractivity contribution < 1.29 is 24.2 Å². The number of aromatic hydroxyl groups is 2. The summed E-state index contributed by atoms with van der Waals surface area (Å²) >= 11 is 0. The van der Waals surface area contributed by atoms with Crippen molar-refractivity contribution in [1.29, 1.82) is 0 Å². The van der Waals surface area contributed by atoms with E-state index in [9.17, 15) is 15.0 Å². The minimum Gasteiger partial charge on any atom is -0.504 e. The van der Waals surface area contributed by atoms with Gasteiger partial charge in [0.1, 0.15) is 16.9 Å². The Kier molecular flexibility index (Phi) is 2.23. The number of hydrogen-bond donors (Lipinski definition) is 2. The molecule has 16 heavy (non-hydrogen) atoms. The van der Waals surface area contributed by atoms with Crippen molar-refractivity contribution in [3.8, 4) is 11.5 Å². The third kappa shape index (κ3) is 1.37. The molecule has 0 saturated carbocycles. The van der Waals surface area contributed by atoms with Gasteiger partial charge in [-0.25, -0.2) is 4.79 Å². The molecule has 1 aromatic carbocycles. The van der Waals surface area contributed by atoms with Crippen LogP contribution in [0.3, 0.4) is 0 Å². The van der Waals surface area contributed by atoms with Gasteiger partial charge in [0, 0.05) is 11.5 Å². The standard InChI is InChI=1S/C11H10O5/c1-5-10(11(14)15-2)6-3-7(12)8(13)4-9(6)16-5/h3-4,12-13H,1-2H3. The van der Waals surface area contributed by atoms with Gasteiger partial charge in [-0.05, 0) is 13.0 Å². The molecule has 5 heteroatoms. The number of aryl methyl sites for hydroxylation is 1. The Morgan fingerprint density at radius 1 is 1.31 bits per heavy atom. The predicted molar refractivity (Wildman–Crippen MR) is 55.6 cm³/mol. The number of hydrogen-bond acceptors (Lipinski definition) is 5. The lowest BCUT2D eigenvalue weighted by Crippen LogP contribution is -2.01. The number of carbonyl (C=O) groups excluding carboxylic acids is 1. The first-order valence-electron chi connectivity index (χ1n) is 4.58. The smallest absolute Gasteiger partial charge is 0.342 e. The normalized spacial score (nSPS) is 10.6. The van der Waals surface area contributed by atoms with Crippen LogP contribution in [0.25, 0.3) is 11.0 Å². The number of fused-ring (bicyclic) bond motifs is 1. The maximum atomic E-state index is 11.5. The molecule has 2 aromatic rings. The first-order chi connectivity index (χ1) is 7.54. The summed E-state index contributed by atoms with van der Waals surface area (Å²) in [4.78, 5) is 11.5. The molecule has 0 unspecified atom stereocenters. The van der Waals surface area contributed by atoms with Gasteiger partial charge in [-0.2, -0.15) is 0 Å². The molecule has 0 atom stereocenters. The monoisotopic (exact) mass is 222 g/mol. The molecule has 0 fully saturated rings. The largest absolute Gasteiger partial charge is 0.504 e. The third-order valence-corrected chi connectivity index (χ3v) is 2.35. The number of esters is 1. The fraction of sp³-hybridized carbons (Fsp3) is 0.182. The summed E-state index contributed by atoms with van der Waals surface area (Å²) in [5.41, 5.74) is 0.584. The Balaban J connectivity index is 2.79. The quantitative estimate of drug-likeness (QED) is 0.569. The molecular formula is C11H10O5. The summed E-state index contributed by atoms with van der Waals surface area (Å²) in [7, 11) is 1.26. The summed E-state index contributed by atoms with van der Waals surface area (Å²) in [5, 5.41) is 19.1. The number of ether oxygens (including phenoxy) is 1. The Morgan fingerprint density at radius 3 is 2.56 bits per heavy atom. The number of phenolic OH excluding ortho intramolecular Hbond substituents is 2. The summed E-state index contributed by atoms with van der Waals surface area (Å²) in [6.07, 6.45) is 0. The second-order valence-corrected chi connectivity index (χ2v) is 3.36. The molecule has 0 aliphatic carbocycles. The summed E-state index contributed by atoms with van der Waals surface area (Å²) in [6.45, 7) is 1.61. The van der Waals surface area contributed by atoms with Gasteiger partial charge in [0.25, 0.3) is 0 Å². The molecule has 1 heterocycles. The lowest BCUT2D eigenvalue weighted by Gasteiger charge is -1.98. The minimum atomic E-state index is -0.540. The van der Waals surface area contributed by atoms with Crippen LogP contribution in [0.5, 0.6) is 11.5 Å². The maximum absolute atomic E-state index is 11.5. The van der Waals surface area contributed by atoms with E-state index in [1.165, 1.54) is 19.2 Å². The number of carbonyl (C=O) groups is 1. The van der Waals surface area contributed by atoms with Crippen LogP contribution in [-0.4, -0.2) is 23.3 Å². The SMILES string of the molecule is COC(=O)c1c(C)oc2cc(O)c(O)cc12. The molecule has 0 aliphatic heterocycles. The van der Waals surface area contributed by atoms with Gasteiger partial charge in [0.05, 0.1) is 7.11 Å². The fourth-order valence-electron chi connectivity index (χ4n) is 1.60. The van der Waals surface area contributed by atoms with Crippen LogP contribution in [0.2, 0.25) is 0 Å². The molecule has 0 spiro atoms. The van der Waals surface area contributed by atoms with E-state index in [0.29, 0.717) is 16.7 Å². The second-order valence-electron chi connectivity index (χ2n) is 3.36. The molecule has 0 bridgehead atoms. The van der Waals surface area contributed by atoms with Crippen LogP contribution in [0, 0.1) is 6.92 Å². The minimum absolute atomic E-state index is 0.257. The van der Waals surface area contributed by atoms with E-state index in [0.717, 1.165) is 0 Å². The molecule has 0 amide bonds. The molecular weight excluding hydrogens is 212 g/mol. The number of methoxy groups -OCH3 is 1. The first kappa shape index (κ1) is 10.4. The molecule has 84 valence electrons. The highest BCUT2D eigenvalue weighted by atomic mass is 16.5. The van der Waals surface area contributed by atoms with E-state index in [1.807, 2.05) is 0 Å². The van der Waals surface area contributed by atoms with Crippen molar-refractivity contribution in [1.82, 2.24) is 0 Å². The van der Waals surface area contributed by atoms with Crippen LogP contribution in [0.4, 0.5) is 0 Å². The first-order valence-corrected chi connectivity index (χ1v) is 4.58. The van der Waals surface area contributed by atoms with Crippen molar-refractivity contribution in [2.75, 3.05) is 7.11 Å². The van der Waals surface area contributed by atoms with Crippen LogP contribution in [0.1, 0.15) is 16.1 Å². The van der Waals surface area contributed by atoms with Gasteiger partial charge in [-0.3, -0.25) is 0 Å². The Morgan fingerprint density at radius 2 is 1.94 bits per heavy atom. The van der Waals surface area contributed by atoms with Crippen molar-refractivity contribution in [3.63, 3.8) is 0 Å². The topological polar surface area (TPSA) is 79.9 Å². The highest BCUT2D eigenvalue weighted by Crippen LogP contribution is 2.34. The Hall–Kier alpha value is -2.17. The van der Waals surface area contributed by atoms with Crippen LogP contribution >= 0.6 is 0 Å². The van der Waals surface area contributed by atoms with E-state index in [4.69, 9.17) is 4.42 Å². The van der Waals surface area contributed by atoms with Crippen LogP contribution in [-0.2, 0) is 4.74 Å². The second kappa shape index (κ2) is 3.44. The van der Waals surface area contributed by atoms with E-state index in [-0.39, 0.29) is 17.1 Å². The van der Waals surface area contributed by atoms with E-state index in [1.54, 1.807) is 6.92 Å². The highest BCUT2D eigenvalue weighted by molar-refractivity contribution is 6.05. The van der Waals surface area contributed by atoms with Gasteiger partial charge in [-0.15, -0.1) is 0 Å². The number of benzene rings is 1. The van der Waals surface area contributed by atoms with Crippen molar-refractivity contribution >= 4 is 16.9 Å². The van der Waals surface area contributed by atoms with Gasteiger partial charge >= 0.3 is 5.97 Å². The Labute approximate surface area is 90.9 Å². The summed E-state index contributed by atoms with van der Waals surface area (Å²) < 4.78 is 9.90. The van der Waals surface area contributed by atoms with Gasteiger partial charge in [0.2, 0.25) is 0 Å². The fourth-order valence-corrected chi connectivity index (χ4v) is 1.60. The molecule has 0 aliphatic rings. The number of rotatable bonds is 1.